The van der Waals surface area contributed by atoms with Gasteiger partial charge in [-0.3, -0.25) is 9.69 Å². The van der Waals surface area contributed by atoms with Crippen LogP contribution in [0.4, 0.5) is 5.69 Å². The van der Waals surface area contributed by atoms with Crippen LogP contribution < -0.4 is 4.90 Å². The number of hydrogen-bond donors (Lipinski definition) is 0. The number of carbonyl (C=O) groups excluding carboxylic acids is 1. The number of anilines is 1. The highest BCUT2D eigenvalue weighted by Gasteiger charge is 2.06. The molecule has 1 aromatic rings. The third-order valence-corrected chi connectivity index (χ3v) is 2.73. The van der Waals surface area contributed by atoms with E-state index in [4.69, 9.17) is 0 Å². The second-order valence-electron chi connectivity index (χ2n) is 3.27. The molecule has 3 heteroatoms. The summed E-state index contributed by atoms with van der Waals surface area (Å²) in [6.07, 6.45) is 5.08. The lowest BCUT2D eigenvalue weighted by Crippen LogP contribution is -2.21. The lowest BCUT2D eigenvalue weighted by atomic mass is 10.2. The molecule has 0 aliphatic heterocycles. The van der Waals surface area contributed by atoms with E-state index in [0.717, 1.165) is 11.0 Å². The van der Waals surface area contributed by atoms with Crippen LogP contribution in [0, 0.1) is 0 Å². The molecule has 0 spiro atoms. The van der Waals surface area contributed by atoms with Crippen molar-refractivity contribution in [3.8, 4) is 0 Å². The molecule has 1 rings (SSSR count). The maximum absolute atomic E-state index is 11.4. The van der Waals surface area contributed by atoms with Crippen LogP contribution in [0.2, 0.25) is 0 Å². The molecule has 0 aromatic heterocycles. The quantitative estimate of drug-likeness (QED) is 0.426. The van der Waals surface area contributed by atoms with Gasteiger partial charge in [0.2, 0.25) is 5.91 Å². The van der Waals surface area contributed by atoms with Gasteiger partial charge in [-0.05, 0) is 23.8 Å². The third kappa shape index (κ3) is 11.3. The first-order valence-corrected chi connectivity index (χ1v) is 9.05. The summed E-state index contributed by atoms with van der Waals surface area (Å²) in [7, 11) is 0. The van der Waals surface area contributed by atoms with Crippen LogP contribution in [-0.2, 0) is 10.1 Å². The van der Waals surface area contributed by atoms with Gasteiger partial charge in [0.05, 0.1) is 0 Å². The number of benzene rings is 1. The molecule has 0 N–H and O–H groups in total. The molecule has 22 heavy (non-hydrogen) atoms. The highest BCUT2D eigenvalue weighted by molar-refractivity contribution is 9.08. The second-order valence-corrected chi connectivity index (χ2v) is 3.83. The topological polar surface area (TPSA) is 20.3 Å². The summed E-state index contributed by atoms with van der Waals surface area (Å²) in [6.45, 7) is 17.1. The molecule has 0 aliphatic carbocycles. The summed E-state index contributed by atoms with van der Waals surface area (Å²) in [5, 5.41) is 0.815. The van der Waals surface area contributed by atoms with E-state index in [1.54, 1.807) is 23.3 Å². The first kappa shape index (κ1) is 25.6. The Labute approximate surface area is 146 Å². The predicted octanol–water partition coefficient (Wildman–Crippen LogP) is 6.71. The molecule has 1 aromatic carbocycles. The van der Waals surface area contributed by atoms with Crippen molar-refractivity contribution in [1.29, 1.82) is 0 Å². The summed E-state index contributed by atoms with van der Waals surface area (Å²) in [5.41, 5.74) is 2.04. The Morgan fingerprint density at radius 3 is 1.86 bits per heavy atom. The zero-order chi connectivity index (χ0) is 18.0. The fourth-order valence-electron chi connectivity index (χ4n) is 1.27. The lowest BCUT2D eigenvalue weighted by Gasteiger charge is -2.16. The van der Waals surface area contributed by atoms with E-state index < -0.39 is 0 Å². The third-order valence-electron chi connectivity index (χ3n) is 2.08. The number of nitrogens with zero attached hydrogens (tertiary/aromatic N) is 1. The van der Waals surface area contributed by atoms with Crippen LogP contribution in [0.25, 0.3) is 0 Å². The summed E-state index contributed by atoms with van der Waals surface area (Å²) >= 11 is 3.38. The number of halogens is 1. The molecule has 0 fully saturated rings. The first-order chi connectivity index (χ1) is 10.7. The molecule has 0 atom stereocenters. The van der Waals surface area contributed by atoms with Gasteiger partial charge in [-0.2, -0.15) is 0 Å². The molecule has 0 radical (unpaired) electrons. The molecular weight excluding hydrogens is 338 g/mol. The summed E-state index contributed by atoms with van der Waals surface area (Å²) in [5.74, 6) is -0.0234. The fraction of sp³-hybridized carbons (Fsp3) is 0.421. The largest absolute Gasteiger partial charge is 0.288 e. The number of rotatable bonds is 4. The van der Waals surface area contributed by atoms with E-state index in [0.29, 0.717) is 0 Å². The lowest BCUT2D eigenvalue weighted by molar-refractivity contribution is -0.116. The SMILES string of the molecule is C=C/C=C\N(C(C)=O)c1ccc(CBr)cc1.CC.CC.CC. The predicted molar refractivity (Wildman–Crippen MR) is 106 cm³/mol. The summed E-state index contributed by atoms with van der Waals surface area (Å²) in [6, 6.07) is 7.82. The Morgan fingerprint density at radius 1 is 1.09 bits per heavy atom. The Morgan fingerprint density at radius 2 is 1.55 bits per heavy atom. The van der Waals surface area contributed by atoms with E-state index >= 15 is 0 Å². The number of amides is 1. The number of allylic oxidation sites excluding steroid dienone is 2. The average molecular weight is 370 g/mol. The van der Waals surface area contributed by atoms with Gasteiger partial charge in [-0.1, -0.05) is 82.3 Å². The highest BCUT2D eigenvalue weighted by atomic mass is 79.9. The van der Waals surface area contributed by atoms with Gasteiger partial charge in [0.25, 0.3) is 0 Å². The van der Waals surface area contributed by atoms with Crippen molar-refractivity contribution in [2.24, 2.45) is 0 Å². The van der Waals surface area contributed by atoms with Crippen molar-refractivity contribution in [3.63, 3.8) is 0 Å². The van der Waals surface area contributed by atoms with Crippen LogP contribution in [0.15, 0.2) is 49.2 Å². The molecule has 1 amide bonds. The van der Waals surface area contributed by atoms with Crippen LogP contribution >= 0.6 is 15.9 Å². The van der Waals surface area contributed by atoms with Gasteiger partial charge < -0.3 is 0 Å². The Bertz CT molecular complexity index is 396. The minimum Gasteiger partial charge on any atom is -0.288 e. The van der Waals surface area contributed by atoms with Gasteiger partial charge in [-0.15, -0.1) is 0 Å². The van der Waals surface area contributed by atoms with Gasteiger partial charge >= 0.3 is 0 Å². The Kier molecular flexibility index (Phi) is 22.9. The molecule has 126 valence electrons. The van der Waals surface area contributed by atoms with Crippen molar-refractivity contribution in [2.45, 2.75) is 53.8 Å². The van der Waals surface area contributed by atoms with Crippen molar-refractivity contribution >= 4 is 27.5 Å². The Hall–Kier alpha value is -1.35. The van der Waals surface area contributed by atoms with E-state index in [1.807, 2.05) is 65.8 Å². The molecular formula is C19H32BrNO. The molecule has 2 nitrogen and oxygen atoms in total. The maximum atomic E-state index is 11.4. The maximum Gasteiger partial charge on any atom is 0.227 e. The molecule has 0 heterocycles. The van der Waals surface area contributed by atoms with Crippen LogP contribution in [0.3, 0.4) is 0 Å². The molecule has 0 saturated heterocycles. The second kappa shape index (κ2) is 19.7. The first-order valence-electron chi connectivity index (χ1n) is 7.93. The highest BCUT2D eigenvalue weighted by Crippen LogP contribution is 2.17. The number of alkyl halides is 1. The van der Waals surface area contributed by atoms with Crippen molar-refractivity contribution in [1.82, 2.24) is 0 Å². The molecule has 0 unspecified atom stereocenters. The zero-order valence-corrected chi connectivity index (χ0v) is 16.8. The number of hydrogen-bond acceptors (Lipinski definition) is 1. The normalized spacial score (nSPS) is 8.36. The minimum absolute atomic E-state index is 0.0234. The van der Waals surface area contributed by atoms with Crippen LogP contribution in [0.1, 0.15) is 54.0 Å². The summed E-state index contributed by atoms with van der Waals surface area (Å²) < 4.78 is 0. The zero-order valence-electron chi connectivity index (χ0n) is 15.2. The van der Waals surface area contributed by atoms with Crippen LogP contribution in [-0.4, -0.2) is 5.91 Å². The van der Waals surface area contributed by atoms with E-state index in [-0.39, 0.29) is 5.91 Å². The van der Waals surface area contributed by atoms with Gasteiger partial charge in [0, 0.05) is 24.1 Å². The standard InChI is InChI=1S/C13H14BrNO.3C2H6/c1-3-4-9-15(11(2)16)13-7-5-12(10-14)6-8-13;3*1-2/h3-9H,1,10H2,2H3;3*1-2H3/b9-4-;;;. The monoisotopic (exact) mass is 369 g/mol. The minimum atomic E-state index is -0.0234. The smallest absolute Gasteiger partial charge is 0.227 e. The van der Waals surface area contributed by atoms with Gasteiger partial charge in [0.15, 0.2) is 0 Å². The van der Waals surface area contributed by atoms with Crippen LogP contribution in [0.5, 0.6) is 0 Å². The molecule has 0 bridgehead atoms. The van der Waals surface area contributed by atoms with E-state index in [1.165, 1.54) is 12.5 Å². The van der Waals surface area contributed by atoms with Gasteiger partial charge in [-0.25, -0.2) is 0 Å². The molecule has 0 aliphatic rings. The van der Waals surface area contributed by atoms with Crippen molar-refractivity contribution < 1.29 is 4.79 Å². The number of carbonyl (C=O) groups is 1. The molecule has 0 saturated carbocycles. The van der Waals surface area contributed by atoms with E-state index in [2.05, 4.69) is 22.5 Å². The average Bonchev–Trinajstić information content (AvgIpc) is 2.61. The Balaban J connectivity index is -0.000000535. The summed E-state index contributed by atoms with van der Waals surface area (Å²) in [4.78, 5) is 13.0. The fourth-order valence-corrected chi connectivity index (χ4v) is 1.64. The van der Waals surface area contributed by atoms with Gasteiger partial charge in [0.1, 0.15) is 0 Å². The van der Waals surface area contributed by atoms with E-state index in [9.17, 15) is 4.79 Å². The van der Waals surface area contributed by atoms with Crippen molar-refractivity contribution in [3.05, 3.63) is 54.8 Å². The van der Waals surface area contributed by atoms with Crippen molar-refractivity contribution in [2.75, 3.05) is 4.90 Å².